The van der Waals surface area contributed by atoms with Gasteiger partial charge in [0.05, 0.1) is 17.2 Å². The zero-order valence-corrected chi connectivity index (χ0v) is 13.0. The molecule has 0 N–H and O–H groups in total. The van der Waals surface area contributed by atoms with Gasteiger partial charge in [-0.3, -0.25) is 0 Å². The van der Waals surface area contributed by atoms with Gasteiger partial charge in [-0.1, -0.05) is 23.8 Å². The second-order valence-corrected chi connectivity index (χ2v) is 6.92. The number of aryl methyl sites for hydroxylation is 1. The number of hydrogen-bond acceptors (Lipinski definition) is 4. The van der Waals surface area contributed by atoms with Gasteiger partial charge in [0.15, 0.2) is 0 Å². The first-order valence-electron chi connectivity index (χ1n) is 6.87. The van der Waals surface area contributed by atoms with Crippen LogP contribution in [0.1, 0.15) is 17.7 Å². The Hall–Kier alpha value is -2.34. The molecule has 22 heavy (non-hydrogen) atoms. The van der Waals surface area contributed by atoms with Gasteiger partial charge < -0.3 is 4.42 Å². The largest absolute Gasteiger partial charge is 0.463 e. The molecule has 0 radical (unpaired) electrons. The van der Waals surface area contributed by atoms with Crippen LogP contribution in [0.4, 0.5) is 0 Å². The average molecular weight is 316 g/mol. The van der Waals surface area contributed by atoms with Crippen molar-refractivity contribution in [2.45, 2.75) is 24.3 Å². The van der Waals surface area contributed by atoms with E-state index >= 15 is 0 Å². The van der Waals surface area contributed by atoms with Gasteiger partial charge in [-0.15, -0.1) is 6.58 Å². The van der Waals surface area contributed by atoms with Crippen LogP contribution < -0.4 is 0 Å². The molecule has 0 unspecified atom stereocenters. The smallest absolute Gasteiger partial charge is 0.279 e. The van der Waals surface area contributed by atoms with E-state index in [4.69, 9.17) is 4.42 Å². The Balaban J connectivity index is 2.01. The van der Waals surface area contributed by atoms with Crippen molar-refractivity contribution in [3.8, 4) is 0 Å². The van der Waals surface area contributed by atoms with E-state index in [1.807, 2.05) is 6.92 Å². The van der Waals surface area contributed by atoms with Crippen LogP contribution >= 0.6 is 0 Å². The van der Waals surface area contributed by atoms with Gasteiger partial charge in [0.2, 0.25) is 0 Å². The maximum Gasteiger partial charge on any atom is 0.279 e. The Morgan fingerprint density at radius 3 is 2.64 bits per heavy atom. The fourth-order valence-corrected chi connectivity index (χ4v) is 3.75. The first-order chi connectivity index (χ1) is 10.5. The summed E-state index contributed by atoms with van der Waals surface area (Å²) >= 11 is 0. The van der Waals surface area contributed by atoms with Crippen molar-refractivity contribution in [3.05, 3.63) is 66.6 Å². The lowest BCUT2D eigenvalue weighted by Gasteiger charge is -2.20. The molecule has 0 fully saturated rings. The lowest BCUT2D eigenvalue weighted by Crippen LogP contribution is -2.31. The first-order valence-corrected chi connectivity index (χ1v) is 8.31. The Labute approximate surface area is 129 Å². The van der Waals surface area contributed by atoms with Gasteiger partial charge in [0, 0.05) is 6.42 Å². The van der Waals surface area contributed by atoms with E-state index in [-0.39, 0.29) is 4.90 Å². The summed E-state index contributed by atoms with van der Waals surface area (Å²) < 4.78 is 32.0. The van der Waals surface area contributed by atoms with E-state index in [1.54, 1.807) is 42.5 Å². The molecular weight excluding hydrogens is 300 g/mol. The first kappa shape index (κ1) is 14.6. The molecule has 1 atom stereocenters. The minimum absolute atomic E-state index is 0.217. The predicted molar refractivity (Wildman–Crippen MR) is 84.1 cm³/mol. The quantitative estimate of drug-likeness (QED) is 0.815. The van der Waals surface area contributed by atoms with Crippen LogP contribution in [0, 0.1) is 6.92 Å². The van der Waals surface area contributed by atoms with Crippen LogP contribution in [-0.2, 0) is 10.0 Å². The SMILES string of the molecule is C=C[C@H]1CC(c2ccco2)=NN1S(=O)(=O)c1ccc(C)cc1. The lowest BCUT2D eigenvalue weighted by molar-refractivity contribution is 0.409. The zero-order valence-electron chi connectivity index (χ0n) is 12.1. The molecule has 1 aromatic heterocycles. The van der Waals surface area contributed by atoms with Crippen LogP contribution in [0.25, 0.3) is 0 Å². The van der Waals surface area contributed by atoms with E-state index in [1.165, 1.54) is 6.26 Å². The van der Waals surface area contributed by atoms with Crippen molar-refractivity contribution < 1.29 is 12.8 Å². The highest BCUT2D eigenvalue weighted by Crippen LogP contribution is 2.28. The molecule has 0 bridgehead atoms. The minimum atomic E-state index is -3.71. The number of furan rings is 1. The summed E-state index contributed by atoms with van der Waals surface area (Å²) in [6, 6.07) is 9.81. The van der Waals surface area contributed by atoms with E-state index < -0.39 is 16.1 Å². The Morgan fingerprint density at radius 1 is 1.32 bits per heavy atom. The Kier molecular flexibility index (Phi) is 3.62. The minimum Gasteiger partial charge on any atom is -0.463 e. The Morgan fingerprint density at radius 2 is 2.05 bits per heavy atom. The summed E-state index contributed by atoms with van der Waals surface area (Å²) in [5.41, 5.74) is 1.60. The van der Waals surface area contributed by atoms with Crippen molar-refractivity contribution >= 4 is 15.7 Å². The molecule has 0 amide bonds. The molecule has 0 saturated carbocycles. The van der Waals surface area contributed by atoms with Gasteiger partial charge in [0.1, 0.15) is 11.5 Å². The van der Waals surface area contributed by atoms with Crippen molar-refractivity contribution in [2.24, 2.45) is 5.10 Å². The van der Waals surface area contributed by atoms with Gasteiger partial charge in [-0.05, 0) is 31.2 Å². The molecule has 3 rings (SSSR count). The summed E-state index contributed by atoms with van der Waals surface area (Å²) in [6.45, 7) is 5.63. The topological polar surface area (TPSA) is 62.9 Å². The van der Waals surface area contributed by atoms with E-state index in [9.17, 15) is 8.42 Å². The van der Waals surface area contributed by atoms with E-state index in [2.05, 4.69) is 11.7 Å². The fraction of sp³-hybridized carbons (Fsp3) is 0.188. The van der Waals surface area contributed by atoms with E-state index in [0.717, 1.165) is 9.98 Å². The second-order valence-electron chi connectivity index (χ2n) is 5.12. The molecule has 1 aliphatic rings. The second kappa shape index (κ2) is 5.46. The molecule has 2 heterocycles. The third-order valence-corrected chi connectivity index (χ3v) is 5.26. The average Bonchev–Trinajstić information content (AvgIpc) is 3.16. The fourth-order valence-electron chi connectivity index (χ4n) is 2.33. The molecule has 0 spiro atoms. The molecular formula is C16H16N2O3S. The number of nitrogens with zero attached hydrogens (tertiary/aromatic N) is 2. The van der Waals surface area contributed by atoms with E-state index in [0.29, 0.717) is 17.9 Å². The number of sulfonamides is 1. The maximum atomic E-state index is 12.8. The van der Waals surface area contributed by atoms with Crippen molar-refractivity contribution in [2.75, 3.05) is 0 Å². The highest BCUT2D eigenvalue weighted by molar-refractivity contribution is 7.89. The Bertz CT molecular complexity index is 806. The molecule has 0 aliphatic carbocycles. The number of benzene rings is 1. The summed E-state index contributed by atoms with van der Waals surface area (Å²) in [5.74, 6) is 0.577. The van der Waals surface area contributed by atoms with Gasteiger partial charge in [-0.25, -0.2) is 0 Å². The zero-order chi connectivity index (χ0) is 15.7. The van der Waals surface area contributed by atoms with Crippen LogP contribution in [-0.4, -0.2) is 24.6 Å². The van der Waals surface area contributed by atoms with Crippen molar-refractivity contribution in [1.82, 2.24) is 4.41 Å². The molecule has 1 aromatic carbocycles. The van der Waals surface area contributed by atoms with Crippen LogP contribution in [0.2, 0.25) is 0 Å². The summed E-state index contributed by atoms with van der Waals surface area (Å²) in [5, 5.41) is 4.25. The highest BCUT2D eigenvalue weighted by atomic mass is 32.2. The third-order valence-electron chi connectivity index (χ3n) is 3.55. The van der Waals surface area contributed by atoms with Crippen LogP contribution in [0.15, 0.2) is 69.7 Å². The number of rotatable bonds is 4. The third kappa shape index (κ3) is 2.46. The normalized spacial score (nSPS) is 18.3. The molecule has 114 valence electrons. The standard InChI is InChI=1S/C16H16N2O3S/c1-3-13-11-15(16-5-4-10-21-16)17-18(13)22(19,20)14-8-6-12(2)7-9-14/h3-10,13H,1,11H2,2H3/t13-/m0/s1. The molecule has 2 aromatic rings. The number of hydrogen-bond donors (Lipinski definition) is 0. The number of hydrazone groups is 1. The molecule has 5 nitrogen and oxygen atoms in total. The van der Waals surface area contributed by atoms with Crippen LogP contribution in [0.3, 0.4) is 0 Å². The summed E-state index contributed by atoms with van der Waals surface area (Å²) in [4.78, 5) is 0.217. The van der Waals surface area contributed by atoms with Crippen molar-refractivity contribution in [3.63, 3.8) is 0 Å². The predicted octanol–water partition coefficient (Wildman–Crippen LogP) is 2.94. The maximum absolute atomic E-state index is 12.8. The highest BCUT2D eigenvalue weighted by Gasteiger charge is 2.35. The van der Waals surface area contributed by atoms with Gasteiger partial charge >= 0.3 is 0 Å². The van der Waals surface area contributed by atoms with Crippen LogP contribution in [0.5, 0.6) is 0 Å². The summed E-state index contributed by atoms with van der Waals surface area (Å²) in [6.07, 6.45) is 3.57. The summed E-state index contributed by atoms with van der Waals surface area (Å²) in [7, 11) is -3.71. The van der Waals surface area contributed by atoms with Crippen molar-refractivity contribution in [1.29, 1.82) is 0 Å². The van der Waals surface area contributed by atoms with Gasteiger partial charge in [0.25, 0.3) is 10.0 Å². The monoisotopic (exact) mass is 316 g/mol. The van der Waals surface area contributed by atoms with Gasteiger partial charge in [-0.2, -0.15) is 17.9 Å². The lowest BCUT2D eigenvalue weighted by atomic mass is 10.1. The molecule has 6 heteroatoms. The molecule has 0 saturated heterocycles. The molecule has 1 aliphatic heterocycles.